The minimum atomic E-state index is -1.90. The predicted octanol–water partition coefficient (Wildman–Crippen LogP) is 5.13. The molecule has 1 aliphatic heterocycles. The summed E-state index contributed by atoms with van der Waals surface area (Å²) < 4.78 is 12.7. The molecule has 26 heavy (non-hydrogen) atoms. The molecule has 2 aliphatic carbocycles. The minimum absolute atomic E-state index is 0.100. The molecule has 5 atom stereocenters. The van der Waals surface area contributed by atoms with Gasteiger partial charge >= 0.3 is 0 Å². The molecule has 3 fully saturated rings. The molecule has 2 saturated carbocycles. The van der Waals surface area contributed by atoms with Crippen molar-refractivity contribution in [3.8, 4) is 0 Å². The molecule has 0 aromatic heterocycles. The molecule has 1 saturated heterocycles. The van der Waals surface area contributed by atoms with Crippen molar-refractivity contribution in [2.75, 3.05) is 0 Å². The van der Waals surface area contributed by atoms with E-state index >= 15 is 0 Å². The Balaban J connectivity index is 1.69. The third-order valence-corrected chi connectivity index (χ3v) is 8.58. The van der Waals surface area contributed by atoms with Gasteiger partial charge in [0.1, 0.15) is 17.8 Å². The smallest absolute Gasteiger partial charge is 0.195 e. The summed E-state index contributed by atoms with van der Waals surface area (Å²) in [6.07, 6.45) is 2.70. The van der Waals surface area contributed by atoms with Gasteiger partial charge in [-0.25, -0.2) is 0 Å². The Morgan fingerprint density at radius 3 is 2.31 bits per heavy atom. The molecule has 0 radical (unpaired) electrons. The maximum absolute atomic E-state index is 13.8. The summed E-state index contributed by atoms with van der Waals surface area (Å²) in [5.41, 5.74) is 0.425. The number of Topliss-reactive ketones (excluding diaryl/α,β-unsaturated/α-hetero) is 1. The summed E-state index contributed by atoms with van der Waals surface area (Å²) in [5.74, 6) is 0.758. The molecule has 0 N–H and O–H groups in total. The Hall–Kier alpha value is -0.973. The molecule has 0 spiro atoms. The molecule has 3 aliphatic rings. The first-order valence-corrected chi connectivity index (χ1v) is 13.4. The number of rotatable bonds is 5. The van der Waals surface area contributed by atoms with Crippen LogP contribution in [0, 0.1) is 16.7 Å². The lowest BCUT2D eigenvalue weighted by molar-refractivity contribution is -0.152. The number of carbonyl (C=O) groups excluding carboxylic acids is 1. The maximum Gasteiger partial charge on any atom is 0.195 e. The summed E-state index contributed by atoms with van der Waals surface area (Å²) in [7, 11) is -1.90. The zero-order valence-electron chi connectivity index (χ0n) is 17.0. The lowest BCUT2D eigenvalue weighted by Gasteiger charge is -2.50. The zero-order chi connectivity index (χ0) is 19.0. The van der Waals surface area contributed by atoms with Gasteiger partial charge in [-0.2, -0.15) is 0 Å². The van der Waals surface area contributed by atoms with Crippen molar-refractivity contribution in [1.82, 2.24) is 0 Å². The van der Waals surface area contributed by atoms with Crippen molar-refractivity contribution < 1.29 is 14.0 Å². The first-order chi connectivity index (χ1) is 12.0. The largest absolute Gasteiger partial charge is 0.404 e. The summed E-state index contributed by atoms with van der Waals surface area (Å²) in [6, 6.07) is 10.1. The van der Waals surface area contributed by atoms with Gasteiger partial charge in [-0.3, -0.25) is 4.79 Å². The van der Waals surface area contributed by atoms with Gasteiger partial charge < -0.3 is 9.16 Å². The van der Waals surface area contributed by atoms with E-state index in [4.69, 9.17) is 9.16 Å². The van der Waals surface area contributed by atoms with Gasteiger partial charge in [-0.1, -0.05) is 51.1 Å². The van der Waals surface area contributed by atoms with Crippen LogP contribution in [0.25, 0.3) is 0 Å². The SMILES string of the molecule is CC1(C)[C@@H]2CC[C@@]1(C)[C@@](O[Si](C)(C)C)(C(=O)[C@H]1O[C@H]1c1ccccc1)C2. The highest BCUT2D eigenvalue weighted by Crippen LogP contribution is 2.72. The number of hydrogen-bond donors (Lipinski definition) is 0. The van der Waals surface area contributed by atoms with Gasteiger partial charge in [0.2, 0.25) is 0 Å². The molecular weight excluding hydrogens is 340 g/mol. The standard InChI is InChI=1S/C22H32O3Si/c1-20(2)16-12-13-21(20,3)22(14-16,25-26(4,5)6)19(23)18-17(24-18)15-10-8-7-9-11-15/h7-11,16-18H,12-14H2,1-6H3/t16-,17+,18+,21-,22+/m1/s1. The fourth-order valence-corrected chi connectivity index (χ4v) is 7.24. The van der Waals surface area contributed by atoms with Gasteiger partial charge in [0.05, 0.1) is 0 Å². The van der Waals surface area contributed by atoms with Crippen LogP contribution in [-0.2, 0) is 14.0 Å². The van der Waals surface area contributed by atoms with Crippen LogP contribution in [0.5, 0.6) is 0 Å². The summed E-state index contributed by atoms with van der Waals surface area (Å²) >= 11 is 0. The van der Waals surface area contributed by atoms with Gasteiger partial charge in [0.25, 0.3) is 0 Å². The van der Waals surface area contributed by atoms with Gasteiger partial charge in [0.15, 0.2) is 14.1 Å². The van der Waals surface area contributed by atoms with Gasteiger partial charge in [-0.15, -0.1) is 0 Å². The normalized spacial score (nSPS) is 40.6. The molecule has 1 aromatic carbocycles. The van der Waals surface area contributed by atoms with Gasteiger partial charge in [-0.05, 0) is 55.8 Å². The Morgan fingerprint density at radius 1 is 1.15 bits per heavy atom. The lowest BCUT2D eigenvalue weighted by atomic mass is 9.62. The second-order valence-electron chi connectivity index (χ2n) is 10.3. The van der Waals surface area contributed by atoms with Crippen LogP contribution in [0.15, 0.2) is 30.3 Å². The Bertz CT molecular complexity index is 723. The molecule has 0 amide bonds. The second-order valence-corrected chi connectivity index (χ2v) is 14.7. The number of fused-ring (bicyclic) bond motifs is 2. The molecule has 4 rings (SSSR count). The van der Waals surface area contributed by atoms with Crippen LogP contribution >= 0.6 is 0 Å². The first kappa shape index (κ1) is 18.4. The highest BCUT2D eigenvalue weighted by atomic mass is 28.4. The molecule has 1 aromatic rings. The van der Waals surface area contributed by atoms with E-state index in [0.29, 0.717) is 5.92 Å². The maximum atomic E-state index is 13.8. The number of epoxide rings is 1. The quantitative estimate of drug-likeness (QED) is 0.531. The molecule has 1 heterocycles. The van der Waals surface area contributed by atoms with Crippen LogP contribution in [-0.4, -0.2) is 25.8 Å². The van der Waals surface area contributed by atoms with Crippen LogP contribution < -0.4 is 0 Å². The molecule has 142 valence electrons. The van der Waals surface area contributed by atoms with Crippen molar-refractivity contribution in [1.29, 1.82) is 0 Å². The Morgan fingerprint density at radius 2 is 1.81 bits per heavy atom. The third-order valence-electron chi connectivity index (χ3n) is 7.62. The van der Waals surface area contributed by atoms with E-state index in [1.165, 1.54) is 6.42 Å². The fourth-order valence-electron chi connectivity index (χ4n) is 5.79. The lowest BCUT2D eigenvalue weighted by Crippen LogP contribution is -2.60. The Labute approximate surface area is 158 Å². The number of benzene rings is 1. The van der Waals surface area contributed by atoms with E-state index < -0.39 is 13.9 Å². The van der Waals surface area contributed by atoms with Crippen molar-refractivity contribution in [2.24, 2.45) is 16.7 Å². The molecule has 0 unspecified atom stereocenters. The Kier molecular flexibility index (Phi) is 3.91. The van der Waals surface area contributed by atoms with Crippen LogP contribution in [0.3, 0.4) is 0 Å². The van der Waals surface area contributed by atoms with E-state index in [2.05, 4.69) is 52.5 Å². The van der Waals surface area contributed by atoms with E-state index in [0.717, 1.165) is 18.4 Å². The van der Waals surface area contributed by atoms with Crippen molar-refractivity contribution in [3.05, 3.63) is 35.9 Å². The van der Waals surface area contributed by atoms with E-state index in [-0.39, 0.29) is 28.8 Å². The van der Waals surface area contributed by atoms with Crippen LogP contribution in [0.1, 0.15) is 51.7 Å². The highest BCUT2D eigenvalue weighted by molar-refractivity contribution is 6.70. The number of hydrogen-bond acceptors (Lipinski definition) is 3. The van der Waals surface area contributed by atoms with Gasteiger partial charge in [0, 0.05) is 5.41 Å². The average molecular weight is 373 g/mol. The molecule has 3 nitrogen and oxygen atoms in total. The minimum Gasteiger partial charge on any atom is -0.404 e. The van der Waals surface area contributed by atoms with E-state index in [1.54, 1.807) is 0 Å². The third kappa shape index (κ3) is 2.41. The van der Waals surface area contributed by atoms with Crippen molar-refractivity contribution >= 4 is 14.1 Å². The van der Waals surface area contributed by atoms with Crippen LogP contribution in [0.4, 0.5) is 0 Å². The number of ether oxygens (including phenoxy) is 1. The van der Waals surface area contributed by atoms with Crippen LogP contribution in [0.2, 0.25) is 19.6 Å². The topological polar surface area (TPSA) is 38.8 Å². The molecular formula is C22H32O3Si. The van der Waals surface area contributed by atoms with E-state index in [1.807, 2.05) is 18.2 Å². The second kappa shape index (κ2) is 5.52. The summed E-state index contributed by atoms with van der Waals surface area (Å²) in [5, 5.41) is 0. The van der Waals surface area contributed by atoms with E-state index in [9.17, 15) is 4.79 Å². The summed E-state index contributed by atoms with van der Waals surface area (Å²) in [4.78, 5) is 13.8. The average Bonchev–Trinajstić information content (AvgIpc) is 3.29. The van der Waals surface area contributed by atoms with Crippen molar-refractivity contribution in [2.45, 2.75) is 77.5 Å². The summed E-state index contributed by atoms with van der Waals surface area (Å²) in [6.45, 7) is 13.6. The number of carbonyl (C=O) groups is 1. The number of ketones is 1. The first-order valence-electron chi connectivity index (χ1n) is 9.97. The molecule has 4 heteroatoms. The monoisotopic (exact) mass is 372 g/mol. The fraction of sp³-hybridized carbons (Fsp3) is 0.682. The predicted molar refractivity (Wildman–Crippen MR) is 105 cm³/mol. The highest BCUT2D eigenvalue weighted by Gasteiger charge is 2.74. The molecule has 2 bridgehead atoms. The van der Waals surface area contributed by atoms with Crippen molar-refractivity contribution in [3.63, 3.8) is 0 Å². The zero-order valence-corrected chi connectivity index (χ0v) is 18.0.